The molecule has 4 heteroatoms. The van der Waals surface area contributed by atoms with Crippen LogP contribution in [0.2, 0.25) is 0 Å². The number of hydrogen-bond acceptors (Lipinski definition) is 3. The number of allylic oxidation sites excluding steroid dienone is 1. The summed E-state index contributed by atoms with van der Waals surface area (Å²) in [7, 11) is 0. The Hall–Kier alpha value is -1.32. The van der Waals surface area contributed by atoms with E-state index >= 15 is 0 Å². The molecular weight excluding hydrogens is 144 g/mol. The summed E-state index contributed by atoms with van der Waals surface area (Å²) in [5.74, 6) is -0.583. The molecule has 1 fully saturated rings. The summed E-state index contributed by atoms with van der Waals surface area (Å²) >= 11 is 0. The second-order valence-electron chi connectivity index (χ2n) is 2.48. The average Bonchev–Trinajstić information content (AvgIpc) is 2.26. The van der Waals surface area contributed by atoms with E-state index in [2.05, 4.69) is 5.32 Å². The molecule has 0 aromatic rings. The Morgan fingerprint density at radius 3 is 2.82 bits per heavy atom. The smallest absolute Gasteiger partial charge is 0.230 e. The van der Waals surface area contributed by atoms with Crippen LogP contribution in [0, 0.1) is 5.92 Å². The summed E-state index contributed by atoms with van der Waals surface area (Å²) in [6.45, 7) is 0. The molecule has 1 unspecified atom stereocenters. The van der Waals surface area contributed by atoms with E-state index in [1.165, 1.54) is 6.20 Å². The van der Waals surface area contributed by atoms with E-state index in [0.29, 0.717) is 12.8 Å². The molecule has 0 bridgehead atoms. The molecule has 2 amide bonds. The van der Waals surface area contributed by atoms with Crippen LogP contribution in [0.5, 0.6) is 0 Å². The van der Waals surface area contributed by atoms with Crippen molar-refractivity contribution in [1.82, 2.24) is 5.32 Å². The number of imide groups is 1. The lowest BCUT2D eigenvalue weighted by molar-refractivity contribution is -0.125. The molecule has 0 saturated carbocycles. The first-order valence-corrected chi connectivity index (χ1v) is 3.44. The summed E-state index contributed by atoms with van der Waals surface area (Å²) in [5.41, 5.74) is 5.09. The highest BCUT2D eigenvalue weighted by molar-refractivity contribution is 6.03. The average molecular weight is 154 g/mol. The number of hydrogen-bond donors (Lipinski definition) is 2. The molecule has 1 aliphatic rings. The number of amides is 2. The van der Waals surface area contributed by atoms with Crippen LogP contribution in [0.1, 0.15) is 12.8 Å². The Balaban J connectivity index is 2.47. The maximum Gasteiger partial charge on any atom is 0.230 e. The monoisotopic (exact) mass is 154 g/mol. The molecule has 0 radical (unpaired) electrons. The molecule has 0 aromatic carbocycles. The van der Waals surface area contributed by atoms with Gasteiger partial charge in [0.15, 0.2) is 0 Å². The summed E-state index contributed by atoms with van der Waals surface area (Å²) < 4.78 is 0. The first-order valence-electron chi connectivity index (χ1n) is 3.44. The van der Waals surface area contributed by atoms with Crippen molar-refractivity contribution in [3.63, 3.8) is 0 Å². The zero-order valence-electron chi connectivity index (χ0n) is 6.04. The van der Waals surface area contributed by atoms with Gasteiger partial charge in [-0.05, 0) is 12.6 Å². The number of carbonyl (C=O) groups excluding carboxylic acids is 2. The van der Waals surface area contributed by atoms with Crippen LogP contribution in [0.4, 0.5) is 0 Å². The van der Waals surface area contributed by atoms with Gasteiger partial charge in [0.25, 0.3) is 0 Å². The molecule has 4 nitrogen and oxygen atoms in total. The second kappa shape index (κ2) is 3.18. The van der Waals surface area contributed by atoms with E-state index in [-0.39, 0.29) is 17.7 Å². The summed E-state index contributed by atoms with van der Waals surface area (Å²) in [6.07, 6.45) is 3.91. The molecule has 3 N–H and O–H groups in total. The van der Waals surface area contributed by atoms with Gasteiger partial charge in [0.05, 0.1) is 5.92 Å². The van der Waals surface area contributed by atoms with Crippen LogP contribution < -0.4 is 11.1 Å². The predicted octanol–water partition coefficient (Wildman–Crippen LogP) is -0.488. The number of nitrogens with one attached hydrogen (secondary N) is 1. The topological polar surface area (TPSA) is 72.2 Å². The highest BCUT2D eigenvalue weighted by atomic mass is 16.2. The van der Waals surface area contributed by atoms with Crippen molar-refractivity contribution < 1.29 is 9.59 Å². The van der Waals surface area contributed by atoms with E-state index in [4.69, 9.17) is 5.73 Å². The standard InChI is InChI=1S/C7H10N2O2/c8-3-1-2-5-4-6(10)9-7(5)11/h1,3,5H,2,4,8H2,(H,9,10,11). The van der Waals surface area contributed by atoms with E-state index in [1.807, 2.05) is 0 Å². The fourth-order valence-corrected chi connectivity index (χ4v) is 1.04. The fourth-order valence-electron chi connectivity index (χ4n) is 1.04. The molecule has 60 valence electrons. The number of nitrogens with two attached hydrogens (primary N) is 1. The minimum Gasteiger partial charge on any atom is -0.405 e. The van der Waals surface area contributed by atoms with Crippen LogP contribution >= 0.6 is 0 Å². The van der Waals surface area contributed by atoms with Gasteiger partial charge in [0, 0.05) is 6.42 Å². The molecular formula is C7H10N2O2. The fraction of sp³-hybridized carbons (Fsp3) is 0.429. The van der Waals surface area contributed by atoms with E-state index in [0.717, 1.165) is 0 Å². The molecule has 1 rings (SSSR count). The molecule has 1 aliphatic heterocycles. The van der Waals surface area contributed by atoms with Gasteiger partial charge in [-0.1, -0.05) is 6.08 Å². The van der Waals surface area contributed by atoms with Crippen molar-refractivity contribution >= 4 is 11.8 Å². The minimum atomic E-state index is -0.206. The maximum atomic E-state index is 10.9. The van der Waals surface area contributed by atoms with Crippen LogP contribution in [0.3, 0.4) is 0 Å². The van der Waals surface area contributed by atoms with E-state index < -0.39 is 0 Å². The van der Waals surface area contributed by atoms with Gasteiger partial charge in [-0.15, -0.1) is 0 Å². The number of carbonyl (C=O) groups is 2. The van der Waals surface area contributed by atoms with Gasteiger partial charge < -0.3 is 5.73 Å². The summed E-state index contributed by atoms with van der Waals surface area (Å²) in [4.78, 5) is 21.5. The SMILES string of the molecule is NC=CCC1CC(=O)NC1=O. The van der Waals surface area contributed by atoms with Gasteiger partial charge in [-0.25, -0.2) is 0 Å². The summed E-state index contributed by atoms with van der Waals surface area (Å²) in [6, 6.07) is 0. The van der Waals surface area contributed by atoms with E-state index in [1.54, 1.807) is 6.08 Å². The summed E-state index contributed by atoms with van der Waals surface area (Å²) in [5, 5.41) is 2.22. The van der Waals surface area contributed by atoms with Crippen LogP contribution in [0.25, 0.3) is 0 Å². The molecule has 0 aromatic heterocycles. The normalized spacial score (nSPS) is 24.5. The van der Waals surface area contributed by atoms with Gasteiger partial charge in [-0.3, -0.25) is 14.9 Å². The third-order valence-corrected chi connectivity index (χ3v) is 1.62. The second-order valence-corrected chi connectivity index (χ2v) is 2.48. The third-order valence-electron chi connectivity index (χ3n) is 1.62. The lowest BCUT2D eigenvalue weighted by Crippen LogP contribution is -2.21. The van der Waals surface area contributed by atoms with Gasteiger partial charge in [0.2, 0.25) is 11.8 Å². The number of rotatable bonds is 2. The lowest BCUT2D eigenvalue weighted by Gasteiger charge is -1.98. The quantitative estimate of drug-likeness (QED) is 0.527. The largest absolute Gasteiger partial charge is 0.405 e. The molecule has 1 saturated heterocycles. The van der Waals surface area contributed by atoms with E-state index in [9.17, 15) is 9.59 Å². The highest BCUT2D eigenvalue weighted by Crippen LogP contribution is 2.14. The lowest BCUT2D eigenvalue weighted by atomic mass is 10.0. The van der Waals surface area contributed by atoms with Crippen LogP contribution in [-0.4, -0.2) is 11.8 Å². The Labute approximate surface area is 64.4 Å². The molecule has 1 atom stereocenters. The first kappa shape index (κ1) is 7.78. The van der Waals surface area contributed by atoms with Gasteiger partial charge in [-0.2, -0.15) is 0 Å². The zero-order chi connectivity index (χ0) is 8.27. The van der Waals surface area contributed by atoms with Crippen molar-refractivity contribution in [3.05, 3.63) is 12.3 Å². The Morgan fingerprint density at radius 2 is 2.36 bits per heavy atom. The maximum absolute atomic E-state index is 10.9. The Bertz CT molecular complexity index is 210. The van der Waals surface area contributed by atoms with Gasteiger partial charge >= 0.3 is 0 Å². The zero-order valence-corrected chi connectivity index (χ0v) is 6.04. The van der Waals surface area contributed by atoms with Gasteiger partial charge in [0.1, 0.15) is 0 Å². The Morgan fingerprint density at radius 1 is 1.64 bits per heavy atom. The molecule has 11 heavy (non-hydrogen) atoms. The van der Waals surface area contributed by atoms with Crippen LogP contribution in [0.15, 0.2) is 12.3 Å². The first-order chi connectivity index (χ1) is 5.24. The van der Waals surface area contributed by atoms with Crippen molar-refractivity contribution in [1.29, 1.82) is 0 Å². The van der Waals surface area contributed by atoms with Crippen molar-refractivity contribution in [2.24, 2.45) is 11.7 Å². The molecule has 1 heterocycles. The third kappa shape index (κ3) is 1.80. The van der Waals surface area contributed by atoms with Crippen LogP contribution in [-0.2, 0) is 9.59 Å². The molecule has 0 aliphatic carbocycles. The van der Waals surface area contributed by atoms with Crippen molar-refractivity contribution in [3.8, 4) is 0 Å². The van der Waals surface area contributed by atoms with Crippen molar-refractivity contribution in [2.45, 2.75) is 12.8 Å². The molecule has 0 spiro atoms. The van der Waals surface area contributed by atoms with Crippen molar-refractivity contribution in [2.75, 3.05) is 0 Å². The minimum absolute atomic E-state index is 0.187. The predicted molar refractivity (Wildman–Crippen MR) is 39.2 cm³/mol. The highest BCUT2D eigenvalue weighted by Gasteiger charge is 2.28. The Kier molecular flexibility index (Phi) is 2.25.